The van der Waals surface area contributed by atoms with Crippen LogP contribution in [0.4, 0.5) is 4.39 Å². The van der Waals surface area contributed by atoms with Crippen molar-refractivity contribution in [1.82, 2.24) is 4.98 Å². The molecule has 3 nitrogen and oxygen atoms in total. The van der Waals surface area contributed by atoms with E-state index >= 15 is 0 Å². The first-order valence-electron chi connectivity index (χ1n) is 10.9. The van der Waals surface area contributed by atoms with E-state index in [1.165, 1.54) is 12.1 Å². The van der Waals surface area contributed by atoms with E-state index in [0.717, 1.165) is 33.6 Å². The lowest BCUT2D eigenvalue weighted by Crippen LogP contribution is -2.40. The lowest BCUT2D eigenvalue weighted by Gasteiger charge is -2.37. The largest absolute Gasteiger partial charge is 0.412 e. The third-order valence-corrected chi connectivity index (χ3v) is 10.7. The molecule has 5 heteroatoms. The van der Waals surface area contributed by atoms with Crippen LogP contribution in [0.15, 0.2) is 24.3 Å². The van der Waals surface area contributed by atoms with Gasteiger partial charge in [-0.05, 0) is 53.2 Å². The lowest BCUT2D eigenvalue weighted by atomic mass is 9.87. The van der Waals surface area contributed by atoms with Crippen molar-refractivity contribution in [2.24, 2.45) is 0 Å². The third kappa shape index (κ3) is 5.19. The Bertz CT molecular complexity index is 868. The van der Waals surface area contributed by atoms with Gasteiger partial charge >= 0.3 is 0 Å². The maximum Gasteiger partial charge on any atom is 0.192 e. The monoisotopic (exact) mass is 431 g/mol. The van der Waals surface area contributed by atoms with Crippen LogP contribution in [0, 0.1) is 5.82 Å². The molecule has 0 spiro atoms. The number of hydrogen-bond acceptors (Lipinski definition) is 3. The Morgan fingerprint density at radius 1 is 0.967 bits per heavy atom. The van der Waals surface area contributed by atoms with Crippen molar-refractivity contribution in [1.29, 1.82) is 0 Å². The summed E-state index contributed by atoms with van der Waals surface area (Å²) in [7, 11) is -1.99. The highest BCUT2D eigenvalue weighted by Crippen LogP contribution is 2.40. The van der Waals surface area contributed by atoms with Gasteiger partial charge in [0.1, 0.15) is 5.82 Å². The van der Waals surface area contributed by atoms with E-state index in [1.54, 1.807) is 12.1 Å². The van der Waals surface area contributed by atoms with E-state index in [-0.39, 0.29) is 29.3 Å². The molecule has 2 aromatic rings. The third-order valence-electron chi connectivity index (χ3n) is 6.23. The molecule has 0 bridgehead atoms. The normalized spacial score (nSPS) is 12.8. The summed E-state index contributed by atoms with van der Waals surface area (Å²) in [5.41, 5.74) is 5.55. The quantitative estimate of drug-likeness (QED) is 0.473. The molecule has 0 fully saturated rings. The van der Waals surface area contributed by atoms with Crippen LogP contribution in [0.25, 0.3) is 11.1 Å². The number of hydrogen-bond donors (Lipinski definition) is 1. The van der Waals surface area contributed by atoms with Crippen LogP contribution in [0.2, 0.25) is 18.1 Å². The highest BCUT2D eigenvalue weighted by Gasteiger charge is 2.37. The van der Waals surface area contributed by atoms with Crippen LogP contribution in [-0.4, -0.2) is 18.4 Å². The smallest absolute Gasteiger partial charge is 0.192 e. The van der Waals surface area contributed by atoms with Gasteiger partial charge in [-0.2, -0.15) is 0 Å². The topological polar surface area (TPSA) is 42.4 Å². The molecule has 0 unspecified atom stereocenters. The van der Waals surface area contributed by atoms with Crippen molar-refractivity contribution in [3.05, 3.63) is 52.6 Å². The van der Waals surface area contributed by atoms with Crippen molar-refractivity contribution in [3.63, 3.8) is 0 Å². The number of halogens is 1. The van der Waals surface area contributed by atoms with Gasteiger partial charge in [0.2, 0.25) is 0 Å². The predicted molar refractivity (Wildman–Crippen MR) is 126 cm³/mol. The fourth-order valence-corrected chi connectivity index (χ4v) is 4.34. The standard InChI is InChI=1S/C25H38FNO2Si/c1-16(2)23-20(14-28)22(18-10-12-19(26)13-11-18)21(24(27-23)17(3)4)15-29-30(8,9)25(5,6)7/h10-13,16-17,28H,14-15H2,1-9H3. The van der Waals surface area contributed by atoms with Crippen LogP contribution in [0.3, 0.4) is 0 Å². The number of aliphatic hydroxyl groups is 1. The maximum atomic E-state index is 13.7. The molecule has 0 aliphatic rings. The molecule has 0 saturated carbocycles. The first-order valence-corrected chi connectivity index (χ1v) is 13.8. The molecule has 0 aliphatic carbocycles. The second-order valence-electron chi connectivity index (χ2n) is 10.2. The summed E-state index contributed by atoms with van der Waals surface area (Å²) in [6.07, 6.45) is 0. The van der Waals surface area contributed by atoms with Gasteiger partial charge in [-0.15, -0.1) is 0 Å². The molecular formula is C25H38FNO2Si. The SMILES string of the molecule is CC(C)c1nc(C(C)C)c(CO[Si](C)(C)C(C)(C)C)c(-c2ccc(F)cc2)c1CO. The summed E-state index contributed by atoms with van der Waals surface area (Å²) in [5.74, 6) is 0.0947. The van der Waals surface area contributed by atoms with E-state index < -0.39 is 8.32 Å². The van der Waals surface area contributed by atoms with Gasteiger partial charge in [-0.25, -0.2) is 4.39 Å². The summed E-state index contributed by atoms with van der Waals surface area (Å²) < 4.78 is 20.3. The molecule has 1 aromatic heterocycles. The minimum Gasteiger partial charge on any atom is -0.412 e. The van der Waals surface area contributed by atoms with E-state index in [1.807, 2.05) is 0 Å². The van der Waals surface area contributed by atoms with Crippen LogP contribution < -0.4 is 0 Å². The summed E-state index contributed by atoms with van der Waals surface area (Å²) in [6.45, 7) is 19.9. The zero-order chi connectivity index (χ0) is 22.9. The summed E-state index contributed by atoms with van der Waals surface area (Å²) in [4.78, 5) is 5.01. The van der Waals surface area contributed by atoms with Crippen LogP contribution in [0.5, 0.6) is 0 Å². The minimum atomic E-state index is -1.99. The van der Waals surface area contributed by atoms with Crippen molar-refractivity contribution in [2.45, 2.75) is 91.6 Å². The van der Waals surface area contributed by atoms with Gasteiger partial charge in [0, 0.05) is 22.5 Å². The Kier molecular flexibility index (Phi) is 7.65. The number of pyridine rings is 1. The first-order chi connectivity index (χ1) is 13.8. The molecule has 1 N–H and O–H groups in total. The molecule has 0 aliphatic heterocycles. The molecule has 0 radical (unpaired) electrons. The second-order valence-corrected chi connectivity index (χ2v) is 15.0. The van der Waals surface area contributed by atoms with Gasteiger partial charge in [0.25, 0.3) is 0 Å². The average molecular weight is 432 g/mol. The zero-order valence-corrected chi connectivity index (χ0v) is 21.1. The Labute approximate surface area is 182 Å². The summed E-state index contributed by atoms with van der Waals surface area (Å²) >= 11 is 0. The molecule has 1 heterocycles. The van der Waals surface area contributed by atoms with Crippen LogP contribution in [0.1, 0.15) is 82.8 Å². The van der Waals surface area contributed by atoms with E-state index in [4.69, 9.17) is 9.41 Å². The predicted octanol–water partition coefficient (Wildman–Crippen LogP) is 7.15. The fourth-order valence-electron chi connectivity index (χ4n) is 3.40. The molecule has 2 rings (SSSR count). The fraction of sp³-hybridized carbons (Fsp3) is 0.560. The Hall–Kier alpha value is -1.56. The van der Waals surface area contributed by atoms with Gasteiger partial charge in [-0.1, -0.05) is 60.6 Å². The Balaban J connectivity index is 2.78. The van der Waals surface area contributed by atoms with Gasteiger partial charge in [0.15, 0.2) is 8.32 Å². The Morgan fingerprint density at radius 3 is 1.90 bits per heavy atom. The van der Waals surface area contributed by atoms with Crippen molar-refractivity contribution in [2.75, 3.05) is 0 Å². The number of aliphatic hydroxyl groups excluding tert-OH is 1. The maximum absolute atomic E-state index is 13.7. The number of aromatic nitrogens is 1. The number of benzene rings is 1. The minimum absolute atomic E-state index is 0.0894. The average Bonchev–Trinajstić information content (AvgIpc) is 2.64. The molecule has 166 valence electrons. The molecular weight excluding hydrogens is 393 g/mol. The Morgan fingerprint density at radius 2 is 1.47 bits per heavy atom. The molecule has 30 heavy (non-hydrogen) atoms. The van der Waals surface area contributed by atoms with E-state index in [9.17, 15) is 9.50 Å². The van der Waals surface area contributed by atoms with Crippen LogP contribution >= 0.6 is 0 Å². The van der Waals surface area contributed by atoms with Gasteiger partial charge in [0.05, 0.1) is 13.2 Å². The highest BCUT2D eigenvalue weighted by molar-refractivity contribution is 6.74. The van der Waals surface area contributed by atoms with Crippen molar-refractivity contribution < 1.29 is 13.9 Å². The van der Waals surface area contributed by atoms with Crippen molar-refractivity contribution in [3.8, 4) is 11.1 Å². The lowest BCUT2D eigenvalue weighted by molar-refractivity contribution is 0.270. The molecule has 0 amide bonds. The number of nitrogens with zero attached hydrogens (tertiary/aromatic N) is 1. The molecule has 0 atom stereocenters. The van der Waals surface area contributed by atoms with Crippen molar-refractivity contribution >= 4 is 8.32 Å². The summed E-state index contributed by atoms with van der Waals surface area (Å²) in [5, 5.41) is 10.4. The van der Waals surface area contributed by atoms with E-state index in [2.05, 4.69) is 61.6 Å². The first kappa shape index (κ1) is 24.7. The van der Waals surface area contributed by atoms with Crippen LogP contribution in [-0.2, 0) is 17.6 Å². The van der Waals surface area contributed by atoms with Gasteiger partial charge < -0.3 is 9.53 Å². The molecule has 0 saturated heterocycles. The highest BCUT2D eigenvalue weighted by atomic mass is 28.4. The van der Waals surface area contributed by atoms with E-state index in [0.29, 0.717) is 6.61 Å². The zero-order valence-electron chi connectivity index (χ0n) is 20.1. The van der Waals surface area contributed by atoms with Gasteiger partial charge in [-0.3, -0.25) is 4.98 Å². The summed E-state index contributed by atoms with van der Waals surface area (Å²) in [6, 6.07) is 6.51. The molecule has 1 aromatic carbocycles. The second kappa shape index (κ2) is 9.29. The number of rotatable bonds is 7.